The summed E-state index contributed by atoms with van der Waals surface area (Å²) < 4.78 is 0. The van der Waals surface area contributed by atoms with Gasteiger partial charge in [0.25, 0.3) is 0 Å². The molecule has 0 aliphatic carbocycles. The molecule has 118 valence electrons. The third kappa shape index (κ3) is 4.07. The molecule has 6 nitrogen and oxygen atoms in total. The smallest absolute Gasteiger partial charge is 0.239 e. The molecule has 1 heterocycles. The number of hydrogen-bond acceptors (Lipinski definition) is 3. The highest BCUT2D eigenvalue weighted by Gasteiger charge is 2.35. The van der Waals surface area contributed by atoms with Crippen molar-refractivity contribution in [2.75, 3.05) is 18.0 Å². The highest BCUT2D eigenvalue weighted by atomic mass is 16.2. The molecule has 3 amide bonds. The molecule has 2 N–H and O–H groups in total. The van der Waals surface area contributed by atoms with Gasteiger partial charge in [-0.05, 0) is 26.0 Å². The van der Waals surface area contributed by atoms with Crippen LogP contribution in [0.25, 0.3) is 0 Å². The van der Waals surface area contributed by atoms with Crippen molar-refractivity contribution in [1.29, 1.82) is 0 Å². The summed E-state index contributed by atoms with van der Waals surface area (Å²) in [5.41, 5.74) is 0.792. The first-order valence-electron chi connectivity index (χ1n) is 7.40. The van der Waals surface area contributed by atoms with Gasteiger partial charge in [-0.1, -0.05) is 18.2 Å². The van der Waals surface area contributed by atoms with E-state index in [0.29, 0.717) is 6.54 Å². The second kappa shape index (κ2) is 7.06. The summed E-state index contributed by atoms with van der Waals surface area (Å²) in [4.78, 5) is 37.3. The normalized spacial score (nSPS) is 17.7. The van der Waals surface area contributed by atoms with Gasteiger partial charge in [-0.2, -0.15) is 0 Å². The maximum atomic E-state index is 12.1. The molecular formula is C16H21N3O3. The molecule has 1 saturated heterocycles. The third-order valence-electron chi connectivity index (χ3n) is 3.44. The number of nitrogens with zero attached hydrogens (tertiary/aromatic N) is 1. The summed E-state index contributed by atoms with van der Waals surface area (Å²) in [6.07, 6.45) is 0.173. The molecule has 0 spiro atoms. The van der Waals surface area contributed by atoms with E-state index in [0.717, 1.165) is 5.69 Å². The van der Waals surface area contributed by atoms with E-state index in [1.54, 1.807) is 4.90 Å². The highest BCUT2D eigenvalue weighted by molar-refractivity contribution is 6.00. The molecule has 0 bridgehead atoms. The van der Waals surface area contributed by atoms with Crippen molar-refractivity contribution in [3.8, 4) is 0 Å². The molecule has 0 unspecified atom stereocenters. The lowest BCUT2D eigenvalue weighted by atomic mass is 10.1. The Morgan fingerprint density at radius 2 is 1.95 bits per heavy atom. The van der Waals surface area contributed by atoms with Gasteiger partial charge in [-0.15, -0.1) is 0 Å². The molecule has 1 aliphatic heterocycles. The first kappa shape index (κ1) is 16.0. The highest BCUT2D eigenvalue weighted by Crippen LogP contribution is 2.24. The summed E-state index contributed by atoms with van der Waals surface area (Å²) in [5, 5.41) is 5.29. The SMILES string of the molecule is CC(C)NC(=O)CNC(=O)[C@@H]1CC(=O)N(c2ccccc2)C1. The Balaban J connectivity index is 1.88. The van der Waals surface area contributed by atoms with Gasteiger partial charge in [0.15, 0.2) is 0 Å². The van der Waals surface area contributed by atoms with Crippen molar-refractivity contribution >= 4 is 23.4 Å². The quantitative estimate of drug-likeness (QED) is 0.839. The van der Waals surface area contributed by atoms with E-state index in [1.807, 2.05) is 44.2 Å². The van der Waals surface area contributed by atoms with Crippen molar-refractivity contribution in [2.45, 2.75) is 26.3 Å². The van der Waals surface area contributed by atoms with Crippen LogP contribution in [-0.2, 0) is 14.4 Å². The third-order valence-corrected chi connectivity index (χ3v) is 3.44. The van der Waals surface area contributed by atoms with Crippen LogP contribution in [0.15, 0.2) is 30.3 Å². The Morgan fingerprint density at radius 1 is 1.27 bits per heavy atom. The summed E-state index contributed by atoms with van der Waals surface area (Å²) in [7, 11) is 0. The minimum atomic E-state index is -0.417. The maximum Gasteiger partial charge on any atom is 0.239 e. The van der Waals surface area contributed by atoms with Crippen molar-refractivity contribution in [3.63, 3.8) is 0 Å². The molecule has 1 atom stereocenters. The number of carbonyl (C=O) groups is 3. The molecule has 6 heteroatoms. The zero-order valence-electron chi connectivity index (χ0n) is 12.8. The molecule has 1 aromatic carbocycles. The predicted molar refractivity (Wildman–Crippen MR) is 83.2 cm³/mol. The number of para-hydroxylation sites is 1. The monoisotopic (exact) mass is 303 g/mol. The molecule has 0 radical (unpaired) electrons. The first-order valence-corrected chi connectivity index (χ1v) is 7.40. The lowest BCUT2D eigenvalue weighted by Gasteiger charge is -2.16. The Morgan fingerprint density at radius 3 is 2.59 bits per heavy atom. The van der Waals surface area contributed by atoms with Crippen molar-refractivity contribution < 1.29 is 14.4 Å². The lowest BCUT2D eigenvalue weighted by molar-refractivity contribution is -0.129. The van der Waals surface area contributed by atoms with Crippen LogP contribution in [0.1, 0.15) is 20.3 Å². The average molecular weight is 303 g/mol. The van der Waals surface area contributed by atoms with Crippen LogP contribution in [0.4, 0.5) is 5.69 Å². The number of benzene rings is 1. The lowest BCUT2D eigenvalue weighted by Crippen LogP contribution is -2.42. The fourth-order valence-electron chi connectivity index (χ4n) is 2.43. The van der Waals surface area contributed by atoms with Crippen LogP contribution in [0.3, 0.4) is 0 Å². The van der Waals surface area contributed by atoms with Gasteiger partial charge in [-0.25, -0.2) is 0 Å². The minimum Gasteiger partial charge on any atom is -0.352 e. The van der Waals surface area contributed by atoms with Crippen molar-refractivity contribution in [1.82, 2.24) is 10.6 Å². The zero-order chi connectivity index (χ0) is 16.1. The molecular weight excluding hydrogens is 282 g/mol. The number of anilines is 1. The van der Waals surface area contributed by atoms with Crippen LogP contribution < -0.4 is 15.5 Å². The Bertz CT molecular complexity index is 557. The molecule has 0 saturated carbocycles. The first-order chi connectivity index (χ1) is 10.5. The van der Waals surface area contributed by atoms with E-state index in [-0.39, 0.29) is 36.7 Å². The topological polar surface area (TPSA) is 78.5 Å². The van der Waals surface area contributed by atoms with Crippen LogP contribution in [-0.4, -0.2) is 36.9 Å². The van der Waals surface area contributed by atoms with Gasteiger partial charge in [0, 0.05) is 24.7 Å². The van der Waals surface area contributed by atoms with Gasteiger partial charge < -0.3 is 15.5 Å². The fourth-order valence-corrected chi connectivity index (χ4v) is 2.43. The number of nitrogens with one attached hydrogen (secondary N) is 2. The summed E-state index contributed by atoms with van der Waals surface area (Å²) in [6, 6.07) is 9.30. The summed E-state index contributed by atoms with van der Waals surface area (Å²) in [5.74, 6) is -0.976. The van der Waals surface area contributed by atoms with Gasteiger partial charge in [0.05, 0.1) is 12.5 Å². The van der Waals surface area contributed by atoms with Crippen LogP contribution in [0, 0.1) is 5.92 Å². The Kier molecular flexibility index (Phi) is 5.14. The average Bonchev–Trinajstić information content (AvgIpc) is 2.87. The molecule has 0 aromatic heterocycles. The molecule has 2 rings (SSSR count). The van der Waals surface area contributed by atoms with Crippen LogP contribution >= 0.6 is 0 Å². The number of carbonyl (C=O) groups excluding carboxylic acids is 3. The molecule has 1 aliphatic rings. The van der Waals surface area contributed by atoms with Gasteiger partial charge >= 0.3 is 0 Å². The van der Waals surface area contributed by atoms with Gasteiger partial charge in [-0.3, -0.25) is 14.4 Å². The Hall–Kier alpha value is -2.37. The predicted octanol–water partition coefficient (Wildman–Crippen LogP) is 0.680. The second-order valence-electron chi connectivity index (χ2n) is 5.68. The summed E-state index contributed by atoms with van der Waals surface area (Å²) in [6.45, 7) is 3.99. The van der Waals surface area contributed by atoms with Crippen LogP contribution in [0.2, 0.25) is 0 Å². The number of amides is 3. The van der Waals surface area contributed by atoms with E-state index in [4.69, 9.17) is 0 Å². The maximum absolute atomic E-state index is 12.1. The second-order valence-corrected chi connectivity index (χ2v) is 5.68. The standard InChI is InChI=1S/C16H21N3O3/c1-11(2)18-14(20)9-17-16(22)12-8-15(21)19(10-12)13-6-4-3-5-7-13/h3-7,11-12H,8-10H2,1-2H3,(H,17,22)(H,18,20)/t12-/m1/s1. The largest absolute Gasteiger partial charge is 0.352 e. The number of rotatable bonds is 5. The van der Waals surface area contributed by atoms with E-state index in [1.165, 1.54) is 0 Å². The zero-order valence-corrected chi connectivity index (χ0v) is 12.8. The molecule has 22 heavy (non-hydrogen) atoms. The molecule has 1 fully saturated rings. The van der Waals surface area contributed by atoms with Crippen molar-refractivity contribution in [2.24, 2.45) is 5.92 Å². The van der Waals surface area contributed by atoms with Crippen molar-refractivity contribution in [3.05, 3.63) is 30.3 Å². The van der Waals surface area contributed by atoms with E-state index in [9.17, 15) is 14.4 Å². The molecule has 1 aromatic rings. The van der Waals surface area contributed by atoms with Gasteiger partial charge in [0.1, 0.15) is 0 Å². The van der Waals surface area contributed by atoms with Crippen LogP contribution in [0.5, 0.6) is 0 Å². The Labute approximate surface area is 129 Å². The van der Waals surface area contributed by atoms with E-state index in [2.05, 4.69) is 10.6 Å². The minimum absolute atomic E-state index is 0.0334. The van der Waals surface area contributed by atoms with E-state index < -0.39 is 5.92 Å². The van der Waals surface area contributed by atoms with Gasteiger partial charge in [0.2, 0.25) is 17.7 Å². The fraction of sp³-hybridized carbons (Fsp3) is 0.438. The number of hydrogen-bond donors (Lipinski definition) is 2. The summed E-state index contributed by atoms with van der Waals surface area (Å²) >= 11 is 0. The van der Waals surface area contributed by atoms with E-state index >= 15 is 0 Å².